The third kappa shape index (κ3) is 16.6. The highest BCUT2D eigenvalue weighted by Gasteiger charge is 1.98. The smallest absolute Gasteiger partial charge is 0.305 e. The Morgan fingerprint density at radius 3 is 2.14 bits per heavy atom. The lowest BCUT2D eigenvalue weighted by molar-refractivity contribution is -0.140. The van der Waals surface area contributed by atoms with Crippen LogP contribution in [-0.4, -0.2) is 13.1 Å². The SMILES string of the molecule is CCC=CCC=CCC/C=C\CCCCCCC(=O)OC. The van der Waals surface area contributed by atoms with E-state index in [1.165, 1.54) is 20.0 Å². The molecule has 0 fully saturated rings. The lowest BCUT2D eigenvalue weighted by atomic mass is 10.1. The van der Waals surface area contributed by atoms with Crippen LogP contribution in [0.15, 0.2) is 36.5 Å². The van der Waals surface area contributed by atoms with E-state index >= 15 is 0 Å². The number of unbranched alkanes of at least 4 members (excludes halogenated alkanes) is 5. The molecule has 0 aromatic heterocycles. The molecule has 0 atom stereocenters. The van der Waals surface area contributed by atoms with Crippen LogP contribution in [0.2, 0.25) is 0 Å². The Balaban J connectivity index is 3.26. The van der Waals surface area contributed by atoms with Crippen molar-refractivity contribution in [1.29, 1.82) is 0 Å². The number of hydrogen-bond donors (Lipinski definition) is 0. The maximum absolute atomic E-state index is 10.9. The van der Waals surface area contributed by atoms with Gasteiger partial charge in [-0.15, -0.1) is 0 Å². The highest BCUT2D eigenvalue weighted by atomic mass is 16.5. The fraction of sp³-hybridized carbons (Fsp3) is 0.632. The molecule has 2 heteroatoms. The standard InChI is InChI=1S/C19H32O2/c1-3-4-5-6-7-8-9-10-11-12-13-14-15-16-17-18-19(20)21-2/h4-5,7-8,11-12H,3,6,9-10,13-18H2,1-2H3/b5-4?,8-7?,12-11-. The summed E-state index contributed by atoms with van der Waals surface area (Å²) < 4.78 is 4.61. The van der Waals surface area contributed by atoms with E-state index in [-0.39, 0.29) is 5.97 Å². The van der Waals surface area contributed by atoms with Gasteiger partial charge >= 0.3 is 5.97 Å². The van der Waals surface area contributed by atoms with Crippen LogP contribution < -0.4 is 0 Å². The third-order valence-corrected chi connectivity index (χ3v) is 3.24. The van der Waals surface area contributed by atoms with Gasteiger partial charge in [0, 0.05) is 6.42 Å². The van der Waals surface area contributed by atoms with Gasteiger partial charge in [-0.3, -0.25) is 4.79 Å². The molecule has 2 nitrogen and oxygen atoms in total. The van der Waals surface area contributed by atoms with Crippen LogP contribution in [0.1, 0.15) is 71.1 Å². The first-order valence-electron chi connectivity index (χ1n) is 8.33. The van der Waals surface area contributed by atoms with Gasteiger partial charge in [0.15, 0.2) is 0 Å². The van der Waals surface area contributed by atoms with Gasteiger partial charge in [0.2, 0.25) is 0 Å². The summed E-state index contributed by atoms with van der Waals surface area (Å²) in [4.78, 5) is 10.9. The van der Waals surface area contributed by atoms with E-state index < -0.39 is 0 Å². The number of carbonyl (C=O) groups excluding carboxylic acids is 1. The lowest BCUT2D eigenvalue weighted by Crippen LogP contribution is -1.98. The summed E-state index contributed by atoms with van der Waals surface area (Å²) >= 11 is 0. The second-order valence-electron chi connectivity index (χ2n) is 5.16. The molecule has 0 amide bonds. The Morgan fingerprint density at radius 1 is 0.810 bits per heavy atom. The molecular weight excluding hydrogens is 260 g/mol. The molecule has 0 aliphatic heterocycles. The highest BCUT2D eigenvalue weighted by Crippen LogP contribution is 2.07. The molecule has 0 aliphatic carbocycles. The molecule has 0 rings (SSSR count). The first kappa shape index (κ1) is 19.7. The lowest BCUT2D eigenvalue weighted by Gasteiger charge is -1.99. The minimum Gasteiger partial charge on any atom is -0.469 e. The largest absolute Gasteiger partial charge is 0.469 e. The first-order chi connectivity index (χ1) is 10.3. The van der Waals surface area contributed by atoms with Crippen LogP contribution in [0.25, 0.3) is 0 Å². The molecule has 0 aromatic carbocycles. The van der Waals surface area contributed by atoms with E-state index in [2.05, 4.69) is 48.1 Å². The molecule has 0 aliphatic rings. The van der Waals surface area contributed by atoms with E-state index in [1.54, 1.807) is 0 Å². The Bertz CT molecular complexity index is 314. The van der Waals surface area contributed by atoms with E-state index in [9.17, 15) is 4.79 Å². The summed E-state index contributed by atoms with van der Waals surface area (Å²) in [6, 6.07) is 0. The average Bonchev–Trinajstić information content (AvgIpc) is 2.50. The van der Waals surface area contributed by atoms with Crippen molar-refractivity contribution in [3.05, 3.63) is 36.5 Å². The number of esters is 1. The summed E-state index contributed by atoms with van der Waals surface area (Å²) in [5.41, 5.74) is 0. The van der Waals surface area contributed by atoms with E-state index in [0.29, 0.717) is 6.42 Å². The van der Waals surface area contributed by atoms with Crippen molar-refractivity contribution in [2.24, 2.45) is 0 Å². The van der Waals surface area contributed by atoms with Crippen LogP contribution in [0.4, 0.5) is 0 Å². The number of rotatable bonds is 13. The van der Waals surface area contributed by atoms with E-state index in [1.807, 2.05) is 0 Å². The Morgan fingerprint density at radius 2 is 1.43 bits per heavy atom. The molecule has 0 spiro atoms. The van der Waals surface area contributed by atoms with Crippen molar-refractivity contribution in [2.45, 2.75) is 71.1 Å². The summed E-state index contributed by atoms with van der Waals surface area (Å²) in [5.74, 6) is -0.0897. The minimum atomic E-state index is -0.0897. The molecule has 120 valence electrons. The van der Waals surface area contributed by atoms with Crippen LogP contribution in [0, 0.1) is 0 Å². The zero-order chi connectivity index (χ0) is 15.6. The Kier molecular flexibility index (Phi) is 15.7. The molecule has 0 bridgehead atoms. The molecular formula is C19H32O2. The monoisotopic (exact) mass is 292 g/mol. The van der Waals surface area contributed by atoms with Gasteiger partial charge in [0.05, 0.1) is 7.11 Å². The van der Waals surface area contributed by atoms with Gasteiger partial charge in [-0.25, -0.2) is 0 Å². The van der Waals surface area contributed by atoms with Gasteiger partial charge in [-0.1, -0.05) is 56.2 Å². The van der Waals surface area contributed by atoms with Crippen LogP contribution in [0.5, 0.6) is 0 Å². The normalized spacial score (nSPS) is 11.9. The maximum atomic E-state index is 10.9. The van der Waals surface area contributed by atoms with Crippen LogP contribution >= 0.6 is 0 Å². The van der Waals surface area contributed by atoms with Crippen molar-refractivity contribution in [2.75, 3.05) is 7.11 Å². The predicted octanol–water partition coefficient (Wildman–Crippen LogP) is 5.75. The third-order valence-electron chi connectivity index (χ3n) is 3.24. The number of methoxy groups -OCH3 is 1. The predicted molar refractivity (Wildman–Crippen MR) is 91.3 cm³/mol. The Labute approximate surface area is 131 Å². The van der Waals surface area contributed by atoms with Gasteiger partial charge in [-0.2, -0.15) is 0 Å². The van der Waals surface area contributed by atoms with Gasteiger partial charge in [-0.05, 0) is 44.9 Å². The van der Waals surface area contributed by atoms with Gasteiger partial charge in [0.1, 0.15) is 0 Å². The van der Waals surface area contributed by atoms with Crippen molar-refractivity contribution >= 4 is 5.97 Å². The molecule has 0 saturated heterocycles. The maximum Gasteiger partial charge on any atom is 0.305 e. The van der Waals surface area contributed by atoms with Crippen molar-refractivity contribution in [3.63, 3.8) is 0 Å². The quantitative estimate of drug-likeness (QED) is 0.245. The molecule has 0 unspecified atom stereocenters. The van der Waals surface area contributed by atoms with Crippen molar-refractivity contribution in [1.82, 2.24) is 0 Å². The molecule has 0 saturated carbocycles. The minimum absolute atomic E-state index is 0.0897. The fourth-order valence-electron chi connectivity index (χ4n) is 1.97. The number of ether oxygens (including phenoxy) is 1. The van der Waals surface area contributed by atoms with Gasteiger partial charge in [0.25, 0.3) is 0 Å². The summed E-state index contributed by atoms with van der Waals surface area (Å²) in [7, 11) is 1.45. The average molecular weight is 292 g/mol. The molecule has 21 heavy (non-hydrogen) atoms. The zero-order valence-electron chi connectivity index (χ0n) is 13.9. The second-order valence-corrected chi connectivity index (χ2v) is 5.16. The van der Waals surface area contributed by atoms with Crippen molar-refractivity contribution in [3.8, 4) is 0 Å². The van der Waals surface area contributed by atoms with Gasteiger partial charge < -0.3 is 4.74 Å². The summed E-state index contributed by atoms with van der Waals surface area (Å²) in [6.07, 6.45) is 24.1. The molecule has 0 aromatic rings. The fourth-order valence-corrected chi connectivity index (χ4v) is 1.97. The topological polar surface area (TPSA) is 26.3 Å². The second kappa shape index (κ2) is 16.7. The zero-order valence-corrected chi connectivity index (χ0v) is 13.9. The number of carbonyl (C=O) groups is 1. The number of allylic oxidation sites excluding steroid dienone is 6. The number of hydrogen-bond acceptors (Lipinski definition) is 2. The van der Waals surface area contributed by atoms with Crippen molar-refractivity contribution < 1.29 is 9.53 Å². The van der Waals surface area contributed by atoms with Crippen LogP contribution in [-0.2, 0) is 9.53 Å². The van der Waals surface area contributed by atoms with E-state index in [4.69, 9.17) is 0 Å². The summed E-state index contributed by atoms with van der Waals surface area (Å²) in [5, 5.41) is 0. The molecule has 0 heterocycles. The molecule has 0 N–H and O–H groups in total. The van der Waals surface area contributed by atoms with E-state index in [0.717, 1.165) is 44.9 Å². The Hall–Kier alpha value is -1.31. The van der Waals surface area contributed by atoms with Crippen LogP contribution in [0.3, 0.4) is 0 Å². The molecule has 0 radical (unpaired) electrons. The summed E-state index contributed by atoms with van der Waals surface area (Å²) in [6.45, 7) is 2.16. The highest BCUT2D eigenvalue weighted by molar-refractivity contribution is 5.68. The first-order valence-corrected chi connectivity index (χ1v) is 8.33.